The van der Waals surface area contributed by atoms with E-state index in [1.54, 1.807) is 0 Å². The molecule has 0 amide bonds. The van der Waals surface area contributed by atoms with E-state index in [9.17, 15) is 0 Å². The van der Waals surface area contributed by atoms with Crippen molar-refractivity contribution in [1.82, 2.24) is 14.7 Å². The summed E-state index contributed by atoms with van der Waals surface area (Å²) in [6.45, 7) is 7.11. The average molecular weight is 285 g/mol. The van der Waals surface area contributed by atoms with E-state index >= 15 is 0 Å². The SMILES string of the molecule is CCN(Cc1ccn(-c2ccccc2)n1)CC1CCOC1. The lowest BCUT2D eigenvalue weighted by Crippen LogP contribution is -2.29. The van der Waals surface area contributed by atoms with Gasteiger partial charge in [-0.1, -0.05) is 25.1 Å². The van der Waals surface area contributed by atoms with Crippen LogP contribution in [0.5, 0.6) is 0 Å². The Hall–Kier alpha value is -1.65. The summed E-state index contributed by atoms with van der Waals surface area (Å²) in [7, 11) is 0. The number of nitrogens with zero attached hydrogens (tertiary/aromatic N) is 3. The molecule has 4 nitrogen and oxygen atoms in total. The first kappa shape index (κ1) is 14.3. The van der Waals surface area contributed by atoms with E-state index in [1.807, 2.05) is 29.1 Å². The van der Waals surface area contributed by atoms with Crippen molar-refractivity contribution in [3.8, 4) is 5.69 Å². The first-order valence-corrected chi connectivity index (χ1v) is 7.75. The van der Waals surface area contributed by atoms with E-state index in [2.05, 4.69) is 35.1 Å². The van der Waals surface area contributed by atoms with Crippen LogP contribution >= 0.6 is 0 Å². The predicted molar refractivity (Wildman–Crippen MR) is 83.4 cm³/mol. The number of benzene rings is 1. The van der Waals surface area contributed by atoms with Crippen molar-refractivity contribution in [2.75, 3.05) is 26.3 Å². The summed E-state index contributed by atoms with van der Waals surface area (Å²) in [5.41, 5.74) is 2.23. The monoisotopic (exact) mass is 285 g/mol. The van der Waals surface area contributed by atoms with Crippen LogP contribution in [-0.2, 0) is 11.3 Å². The molecule has 1 aromatic carbocycles. The van der Waals surface area contributed by atoms with Gasteiger partial charge in [-0.05, 0) is 37.1 Å². The minimum Gasteiger partial charge on any atom is -0.381 e. The van der Waals surface area contributed by atoms with Crippen molar-refractivity contribution >= 4 is 0 Å². The second-order valence-electron chi connectivity index (χ2n) is 5.64. The lowest BCUT2D eigenvalue weighted by Gasteiger charge is -2.22. The summed E-state index contributed by atoms with van der Waals surface area (Å²) in [4.78, 5) is 2.46. The highest BCUT2D eigenvalue weighted by Crippen LogP contribution is 2.15. The molecule has 2 aromatic rings. The molecule has 4 heteroatoms. The zero-order chi connectivity index (χ0) is 14.5. The van der Waals surface area contributed by atoms with Gasteiger partial charge in [-0.3, -0.25) is 4.90 Å². The zero-order valence-electron chi connectivity index (χ0n) is 12.6. The van der Waals surface area contributed by atoms with Gasteiger partial charge in [0.25, 0.3) is 0 Å². The molecule has 21 heavy (non-hydrogen) atoms. The Morgan fingerprint density at radius 2 is 2.14 bits per heavy atom. The molecule has 1 aromatic heterocycles. The normalized spacial score (nSPS) is 18.5. The highest BCUT2D eigenvalue weighted by molar-refractivity contribution is 5.30. The number of ether oxygens (including phenoxy) is 1. The summed E-state index contributed by atoms with van der Waals surface area (Å²) in [5.74, 6) is 0.682. The van der Waals surface area contributed by atoms with Crippen molar-refractivity contribution in [2.45, 2.75) is 19.9 Å². The first-order valence-electron chi connectivity index (χ1n) is 7.75. The minimum atomic E-state index is 0.682. The van der Waals surface area contributed by atoms with Gasteiger partial charge in [0.15, 0.2) is 0 Å². The van der Waals surface area contributed by atoms with E-state index in [1.165, 1.54) is 6.42 Å². The van der Waals surface area contributed by atoms with Crippen molar-refractivity contribution < 1.29 is 4.74 Å². The Balaban J connectivity index is 1.62. The molecule has 1 saturated heterocycles. The Bertz CT molecular complexity index is 546. The van der Waals surface area contributed by atoms with Crippen molar-refractivity contribution in [2.24, 2.45) is 5.92 Å². The van der Waals surface area contributed by atoms with Gasteiger partial charge < -0.3 is 4.74 Å². The topological polar surface area (TPSA) is 30.3 Å². The largest absolute Gasteiger partial charge is 0.381 e. The fourth-order valence-corrected chi connectivity index (χ4v) is 2.80. The second-order valence-corrected chi connectivity index (χ2v) is 5.64. The van der Waals surface area contributed by atoms with Crippen LogP contribution in [0.2, 0.25) is 0 Å². The van der Waals surface area contributed by atoms with E-state index < -0.39 is 0 Å². The molecule has 1 aliphatic rings. The molecule has 2 heterocycles. The Morgan fingerprint density at radius 3 is 2.86 bits per heavy atom. The van der Waals surface area contributed by atoms with Crippen LogP contribution in [0.25, 0.3) is 5.69 Å². The number of aromatic nitrogens is 2. The van der Waals surface area contributed by atoms with Gasteiger partial charge >= 0.3 is 0 Å². The second kappa shape index (κ2) is 6.87. The molecule has 1 aliphatic heterocycles. The van der Waals surface area contributed by atoms with Crippen LogP contribution in [-0.4, -0.2) is 41.0 Å². The fraction of sp³-hybridized carbons (Fsp3) is 0.471. The fourth-order valence-electron chi connectivity index (χ4n) is 2.80. The van der Waals surface area contributed by atoms with Gasteiger partial charge in [0.1, 0.15) is 0 Å². The molecule has 0 spiro atoms. The summed E-state index contributed by atoms with van der Waals surface area (Å²) in [5, 5.41) is 4.69. The zero-order valence-corrected chi connectivity index (χ0v) is 12.6. The van der Waals surface area contributed by atoms with Gasteiger partial charge in [0.2, 0.25) is 0 Å². The minimum absolute atomic E-state index is 0.682. The number of para-hydroxylation sites is 1. The Morgan fingerprint density at radius 1 is 1.29 bits per heavy atom. The van der Waals surface area contributed by atoms with Crippen LogP contribution in [0, 0.1) is 5.92 Å². The smallest absolute Gasteiger partial charge is 0.0769 e. The number of rotatable bonds is 6. The molecule has 112 valence electrons. The molecule has 0 radical (unpaired) electrons. The molecule has 1 atom stereocenters. The first-order chi connectivity index (χ1) is 10.3. The van der Waals surface area contributed by atoms with Crippen molar-refractivity contribution in [3.63, 3.8) is 0 Å². The summed E-state index contributed by atoms with van der Waals surface area (Å²) < 4.78 is 7.41. The average Bonchev–Trinajstić information content (AvgIpc) is 3.19. The molecule has 0 aliphatic carbocycles. The quantitative estimate of drug-likeness (QED) is 0.817. The van der Waals surface area contributed by atoms with Crippen molar-refractivity contribution in [3.05, 3.63) is 48.3 Å². The maximum Gasteiger partial charge on any atom is 0.0769 e. The van der Waals surface area contributed by atoms with Crippen molar-refractivity contribution in [1.29, 1.82) is 0 Å². The maximum atomic E-state index is 5.47. The van der Waals surface area contributed by atoms with Crippen LogP contribution in [0.1, 0.15) is 19.0 Å². The lowest BCUT2D eigenvalue weighted by molar-refractivity contribution is 0.166. The molecule has 1 unspecified atom stereocenters. The van der Waals surface area contributed by atoms with Crippen LogP contribution < -0.4 is 0 Å². The molecule has 0 N–H and O–H groups in total. The highest BCUT2D eigenvalue weighted by atomic mass is 16.5. The lowest BCUT2D eigenvalue weighted by atomic mass is 10.1. The summed E-state index contributed by atoms with van der Waals surface area (Å²) in [6.07, 6.45) is 3.23. The molecule has 1 fully saturated rings. The Labute approximate surface area is 126 Å². The maximum absolute atomic E-state index is 5.47. The molecule has 0 saturated carbocycles. The van der Waals surface area contributed by atoms with Gasteiger partial charge in [-0.2, -0.15) is 5.10 Å². The third kappa shape index (κ3) is 3.71. The Kier molecular flexibility index (Phi) is 4.68. The third-order valence-corrected chi connectivity index (χ3v) is 4.04. The van der Waals surface area contributed by atoms with Crippen LogP contribution in [0.4, 0.5) is 0 Å². The molecular formula is C17H23N3O. The van der Waals surface area contributed by atoms with Gasteiger partial charge in [0, 0.05) is 25.9 Å². The van der Waals surface area contributed by atoms with E-state index in [0.717, 1.165) is 44.2 Å². The molecule has 0 bridgehead atoms. The van der Waals surface area contributed by atoms with E-state index in [0.29, 0.717) is 5.92 Å². The van der Waals surface area contributed by atoms with Crippen LogP contribution in [0.15, 0.2) is 42.6 Å². The summed E-state index contributed by atoms with van der Waals surface area (Å²) in [6, 6.07) is 12.4. The standard InChI is InChI=1S/C17H23N3O/c1-2-19(12-15-9-11-21-14-15)13-16-8-10-20(18-16)17-6-4-3-5-7-17/h3-8,10,15H,2,9,11-14H2,1H3. The molecule has 3 rings (SSSR count). The summed E-state index contributed by atoms with van der Waals surface area (Å²) >= 11 is 0. The third-order valence-electron chi connectivity index (χ3n) is 4.04. The van der Waals surface area contributed by atoms with E-state index in [-0.39, 0.29) is 0 Å². The van der Waals surface area contributed by atoms with Gasteiger partial charge in [0.05, 0.1) is 18.0 Å². The van der Waals surface area contributed by atoms with Crippen LogP contribution in [0.3, 0.4) is 0 Å². The van der Waals surface area contributed by atoms with E-state index in [4.69, 9.17) is 4.74 Å². The van der Waals surface area contributed by atoms with Gasteiger partial charge in [-0.25, -0.2) is 4.68 Å². The predicted octanol–water partition coefficient (Wildman–Crippen LogP) is 2.73. The highest BCUT2D eigenvalue weighted by Gasteiger charge is 2.19. The number of hydrogen-bond acceptors (Lipinski definition) is 3. The molecular weight excluding hydrogens is 262 g/mol. The number of hydrogen-bond donors (Lipinski definition) is 0. The van der Waals surface area contributed by atoms with Gasteiger partial charge in [-0.15, -0.1) is 0 Å².